The molecule has 1 aliphatic rings. The molecule has 0 saturated carbocycles. The van der Waals surface area contributed by atoms with Crippen LogP contribution in [0.2, 0.25) is 5.02 Å². The van der Waals surface area contributed by atoms with Gasteiger partial charge in [-0.05, 0) is 54.1 Å². The lowest BCUT2D eigenvalue weighted by Gasteiger charge is -2.19. The number of furan rings is 1. The highest BCUT2D eigenvalue weighted by atomic mass is 79.9. The van der Waals surface area contributed by atoms with Crippen molar-refractivity contribution in [1.29, 1.82) is 0 Å². The van der Waals surface area contributed by atoms with Crippen LogP contribution in [0, 0.1) is 0 Å². The number of carbonyl (C=O) groups excluding carboxylic acids is 1. The van der Waals surface area contributed by atoms with Crippen molar-refractivity contribution in [3.05, 3.63) is 93.3 Å². The molecule has 0 fully saturated rings. The predicted octanol–water partition coefficient (Wildman–Crippen LogP) is 5.69. The second-order valence-corrected chi connectivity index (χ2v) is 7.30. The van der Waals surface area contributed by atoms with Gasteiger partial charge in [-0.15, -0.1) is 0 Å². The van der Waals surface area contributed by atoms with E-state index in [-0.39, 0.29) is 11.9 Å². The van der Waals surface area contributed by atoms with E-state index in [1.807, 2.05) is 36.4 Å². The molecule has 2 heterocycles. The first kappa shape index (κ1) is 17.1. The molecule has 0 radical (unpaired) electrons. The number of nitrogens with zero attached hydrogens (tertiary/aromatic N) is 2. The van der Waals surface area contributed by atoms with Gasteiger partial charge in [-0.2, -0.15) is 5.10 Å². The maximum absolute atomic E-state index is 13.0. The minimum Gasteiger partial charge on any atom is -0.467 e. The van der Waals surface area contributed by atoms with E-state index in [2.05, 4.69) is 21.0 Å². The van der Waals surface area contributed by atoms with E-state index in [1.165, 1.54) is 5.01 Å². The Morgan fingerprint density at radius 2 is 1.85 bits per heavy atom. The van der Waals surface area contributed by atoms with Crippen LogP contribution in [0.25, 0.3) is 0 Å². The number of benzene rings is 2. The molecule has 4 rings (SSSR count). The van der Waals surface area contributed by atoms with E-state index in [9.17, 15) is 4.79 Å². The standard InChI is InChI=1S/C20H14BrClN2O2/c21-15-7-3-13(4-8-15)17-12-18(19-2-1-11-26-19)24(23-17)20(25)14-5-9-16(22)10-6-14/h1-11,18H,12H2. The van der Waals surface area contributed by atoms with Gasteiger partial charge in [-0.3, -0.25) is 4.79 Å². The van der Waals surface area contributed by atoms with Gasteiger partial charge < -0.3 is 4.42 Å². The smallest absolute Gasteiger partial charge is 0.274 e. The summed E-state index contributed by atoms with van der Waals surface area (Å²) in [7, 11) is 0. The zero-order chi connectivity index (χ0) is 18.1. The molecule has 0 saturated heterocycles. The summed E-state index contributed by atoms with van der Waals surface area (Å²) in [6, 6.07) is 18.1. The first-order chi connectivity index (χ1) is 12.6. The minimum atomic E-state index is -0.271. The van der Waals surface area contributed by atoms with Crippen LogP contribution in [0.15, 0.2) is 80.9 Å². The highest BCUT2D eigenvalue weighted by Crippen LogP contribution is 2.34. The van der Waals surface area contributed by atoms with Crippen LogP contribution in [0.1, 0.15) is 34.1 Å². The van der Waals surface area contributed by atoms with Gasteiger partial charge in [0.05, 0.1) is 12.0 Å². The van der Waals surface area contributed by atoms with Crippen LogP contribution in [-0.4, -0.2) is 16.6 Å². The Labute approximate surface area is 164 Å². The molecule has 0 bridgehead atoms. The number of halogens is 2. The molecule has 2 aromatic carbocycles. The van der Waals surface area contributed by atoms with Crippen molar-refractivity contribution in [3.8, 4) is 0 Å². The second kappa shape index (κ2) is 7.09. The Bertz CT molecular complexity index is 950. The van der Waals surface area contributed by atoms with Gasteiger partial charge in [0.25, 0.3) is 5.91 Å². The average Bonchev–Trinajstić information content (AvgIpc) is 3.32. The number of hydrogen-bond acceptors (Lipinski definition) is 3. The van der Waals surface area contributed by atoms with E-state index in [1.54, 1.807) is 30.5 Å². The molecule has 0 aliphatic carbocycles. The van der Waals surface area contributed by atoms with Crippen LogP contribution in [0.3, 0.4) is 0 Å². The molecule has 3 aromatic rings. The molecule has 1 aliphatic heterocycles. The van der Waals surface area contributed by atoms with Gasteiger partial charge in [0.1, 0.15) is 11.8 Å². The molecule has 26 heavy (non-hydrogen) atoms. The second-order valence-electron chi connectivity index (χ2n) is 5.95. The van der Waals surface area contributed by atoms with Gasteiger partial charge in [-0.1, -0.05) is 39.7 Å². The lowest BCUT2D eigenvalue weighted by Crippen LogP contribution is -2.26. The van der Waals surface area contributed by atoms with Crippen LogP contribution in [0.5, 0.6) is 0 Å². The number of rotatable bonds is 3. The zero-order valence-electron chi connectivity index (χ0n) is 13.6. The van der Waals surface area contributed by atoms with E-state index in [0.29, 0.717) is 22.8 Å². The summed E-state index contributed by atoms with van der Waals surface area (Å²) in [6.45, 7) is 0. The van der Waals surface area contributed by atoms with Crippen molar-refractivity contribution in [3.63, 3.8) is 0 Å². The number of carbonyl (C=O) groups is 1. The Morgan fingerprint density at radius 1 is 1.12 bits per heavy atom. The number of hydrazone groups is 1. The molecule has 1 unspecified atom stereocenters. The molecular weight excluding hydrogens is 416 g/mol. The highest BCUT2D eigenvalue weighted by molar-refractivity contribution is 9.10. The fraction of sp³-hybridized carbons (Fsp3) is 0.100. The van der Waals surface area contributed by atoms with Crippen molar-refractivity contribution in [2.75, 3.05) is 0 Å². The van der Waals surface area contributed by atoms with Gasteiger partial charge in [0.15, 0.2) is 0 Å². The Kier molecular flexibility index (Phi) is 4.66. The summed E-state index contributed by atoms with van der Waals surface area (Å²) in [6.07, 6.45) is 2.20. The predicted molar refractivity (Wildman–Crippen MR) is 104 cm³/mol. The normalized spacial score (nSPS) is 16.6. The van der Waals surface area contributed by atoms with Gasteiger partial charge in [-0.25, -0.2) is 5.01 Å². The molecule has 1 amide bonds. The fourth-order valence-corrected chi connectivity index (χ4v) is 3.33. The first-order valence-electron chi connectivity index (χ1n) is 8.08. The Morgan fingerprint density at radius 3 is 2.50 bits per heavy atom. The lowest BCUT2D eigenvalue weighted by molar-refractivity contribution is 0.0693. The van der Waals surface area contributed by atoms with Gasteiger partial charge >= 0.3 is 0 Å². The lowest BCUT2D eigenvalue weighted by atomic mass is 10.0. The average molecular weight is 430 g/mol. The highest BCUT2D eigenvalue weighted by Gasteiger charge is 2.35. The molecule has 6 heteroatoms. The monoisotopic (exact) mass is 428 g/mol. The van der Waals surface area contributed by atoms with Crippen molar-refractivity contribution in [2.24, 2.45) is 5.10 Å². The summed E-state index contributed by atoms with van der Waals surface area (Å²) < 4.78 is 6.56. The molecular formula is C20H14BrClN2O2. The molecule has 1 aromatic heterocycles. The fourth-order valence-electron chi connectivity index (χ4n) is 2.94. The van der Waals surface area contributed by atoms with E-state index in [0.717, 1.165) is 15.7 Å². The van der Waals surface area contributed by atoms with Crippen LogP contribution < -0.4 is 0 Å². The van der Waals surface area contributed by atoms with E-state index < -0.39 is 0 Å². The van der Waals surface area contributed by atoms with E-state index in [4.69, 9.17) is 16.0 Å². The summed E-state index contributed by atoms with van der Waals surface area (Å²) in [5, 5.41) is 6.70. The van der Waals surface area contributed by atoms with Crippen LogP contribution in [-0.2, 0) is 0 Å². The quantitative estimate of drug-likeness (QED) is 0.537. The summed E-state index contributed by atoms with van der Waals surface area (Å²) in [4.78, 5) is 13.0. The summed E-state index contributed by atoms with van der Waals surface area (Å²) in [5.41, 5.74) is 2.36. The maximum Gasteiger partial charge on any atom is 0.274 e. The molecule has 4 nitrogen and oxygen atoms in total. The topological polar surface area (TPSA) is 45.8 Å². The van der Waals surface area contributed by atoms with Crippen molar-refractivity contribution >= 4 is 39.1 Å². The molecule has 1 atom stereocenters. The molecule has 130 valence electrons. The summed E-state index contributed by atoms with van der Waals surface area (Å²) >= 11 is 9.37. The summed E-state index contributed by atoms with van der Waals surface area (Å²) in [5.74, 6) is 0.526. The Balaban J connectivity index is 1.70. The minimum absolute atomic E-state index is 0.185. The third-order valence-electron chi connectivity index (χ3n) is 4.26. The molecule has 0 N–H and O–H groups in total. The third kappa shape index (κ3) is 3.32. The van der Waals surface area contributed by atoms with Crippen LogP contribution in [0.4, 0.5) is 0 Å². The number of amides is 1. The largest absolute Gasteiger partial charge is 0.467 e. The SMILES string of the molecule is O=C(c1ccc(Cl)cc1)N1N=C(c2ccc(Br)cc2)CC1c1ccco1. The van der Waals surface area contributed by atoms with Crippen molar-refractivity contribution < 1.29 is 9.21 Å². The molecule has 0 spiro atoms. The van der Waals surface area contributed by atoms with Crippen LogP contribution >= 0.6 is 27.5 Å². The van der Waals surface area contributed by atoms with Crippen molar-refractivity contribution in [2.45, 2.75) is 12.5 Å². The van der Waals surface area contributed by atoms with Crippen molar-refractivity contribution in [1.82, 2.24) is 5.01 Å². The third-order valence-corrected chi connectivity index (χ3v) is 5.04. The first-order valence-corrected chi connectivity index (χ1v) is 9.25. The maximum atomic E-state index is 13.0. The van der Waals surface area contributed by atoms with Gasteiger partial charge in [0, 0.05) is 21.5 Å². The van der Waals surface area contributed by atoms with E-state index >= 15 is 0 Å². The van der Waals surface area contributed by atoms with Gasteiger partial charge in [0.2, 0.25) is 0 Å². The Hall–Kier alpha value is -2.37. The number of hydrogen-bond donors (Lipinski definition) is 0. The zero-order valence-corrected chi connectivity index (χ0v) is 15.9.